The van der Waals surface area contributed by atoms with Crippen LogP contribution in [0.1, 0.15) is 30.1 Å². The van der Waals surface area contributed by atoms with Crippen LogP contribution in [0.2, 0.25) is 10.0 Å². The molecule has 30 heavy (non-hydrogen) atoms. The SMILES string of the molecule is CCOc1c(Cl)cccc1NC(=O)C1CCN(C(=O)c2cc(Cl)ccc2OC)CC1. The Morgan fingerprint density at radius 3 is 2.57 bits per heavy atom. The van der Waals surface area contributed by atoms with Gasteiger partial charge in [-0.3, -0.25) is 9.59 Å². The van der Waals surface area contributed by atoms with Crippen molar-refractivity contribution in [3.8, 4) is 11.5 Å². The maximum atomic E-state index is 12.9. The van der Waals surface area contributed by atoms with Gasteiger partial charge in [0.2, 0.25) is 5.91 Å². The second-order valence-electron chi connectivity index (χ2n) is 6.95. The number of ether oxygens (including phenoxy) is 2. The van der Waals surface area contributed by atoms with Crippen molar-refractivity contribution in [1.29, 1.82) is 0 Å². The third kappa shape index (κ3) is 4.99. The van der Waals surface area contributed by atoms with Crippen LogP contribution in [-0.2, 0) is 4.79 Å². The molecule has 1 aliphatic rings. The smallest absolute Gasteiger partial charge is 0.257 e. The van der Waals surface area contributed by atoms with Gasteiger partial charge in [-0.2, -0.15) is 0 Å². The fraction of sp³-hybridized carbons (Fsp3) is 0.364. The monoisotopic (exact) mass is 450 g/mol. The lowest BCUT2D eigenvalue weighted by molar-refractivity contribution is -0.121. The quantitative estimate of drug-likeness (QED) is 0.679. The summed E-state index contributed by atoms with van der Waals surface area (Å²) in [5, 5.41) is 3.84. The van der Waals surface area contributed by atoms with Crippen molar-refractivity contribution < 1.29 is 19.1 Å². The van der Waals surface area contributed by atoms with Crippen LogP contribution in [0.3, 0.4) is 0 Å². The zero-order chi connectivity index (χ0) is 21.7. The minimum atomic E-state index is -0.205. The zero-order valence-corrected chi connectivity index (χ0v) is 18.4. The van der Waals surface area contributed by atoms with Gasteiger partial charge in [-0.15, -0.1) is 0 Å². The van der Waals surface area contributed by atoms with Crippen LogP contribution in [0.25, 0.3) is 0 Å². The highest BCUT2D eigenvalue weighted by Crippen LogP contribution is 2.34. The molecule has 0 atom stereocenters. The normalized spacial score (nSPS) is 14.3. The van der Waals surface area contributed by atoms with E-state index in [9.17, 15) is 9.59 Å². The highest BCUT2D eigenvalue weighted by atomic mass is 35.5. The number of anilines is 1. The molecule has 0 aliphatic carbocycles. The van der Waals surface area contributed by atoms with E-state index in [-0.39, 0.29) is 17.7 Å². The molecule has 0 aromatic heterocycles. The molecule has 0 spiro atoms. The van der Waals surface area contributed by atoms with Gasteiger partial charge in [-0.1, -0.05) is 29.3 Å². The van der Waals surface area contributed by atoms with Crippen LogP contribution >= 0.6 is 23.2 Å². The summed E-state index contributed by atoms with van der Waals surface area (Å²) in [6.45, 7) is 3.25. The highest BCUT2D eigenvalue weighted by Gasteiger charge is 2.29. The highest BCUT2D eigenvalue weighted by molar-refractivity contribution is 6.32. The number of nitrogens with one attached hydrogen (secondary N) is 1. The maximum absolute atomic E-state index is 12.9. The topological polar surface area (TPSA) is 67.9 Å². The summed E-state index contributed by atoms with van der Waals surface area (Å²) in [4.78, 5) is 27.4. The standard InChI is InChI=1S/C22H24Cl2N2O4/c1-3-30-20-17(24)5-4-6-18(20)25-21(27)14-9-11-26(12-10-14)22(28)16-13-15(23)7-8-19(16)29-2/h4-8,13-14H,3,9-12H2,1-2H3,(H,25,27). The Balaban J connectivity index is 1.63. The van der Waals surface area contributed by atoms with Crippen molar-refractivity contribution in [1.82, 2.24) is 4.90 Å². The minimum Gasteiger partial charge on any atom is -0.496 e. The fourth-order valence-corrected chi connectivity index (χ4v) is 3.90. The molecule has 1 heterocycles. The first-order chi connectivity index (χ1) is 14.4. The van der Waals surface area contributed by atoms with Crippen molar-refractivity contribution in [3.05, 3.63) is 52.0 Å². The van der Waals surface area contributed by atoms with Crippen LogP contribution in [-0.4, -0.2) is 43.5 Å². The Bertz CT molecular complexity index is 927. The maximum Gasteiger partial charge on any atom is 0.257 e. The Hall–Kier alpha value is -2.44. The molecular formula is C22H24Cl2N2O4. The number of nitrogens with zero attached hydrogens (tertiary/aromatic N) is 1. The molecule has 0 bridgehead atoms. The molecule has 0 radical (unpaired) electrons. The van der Waals surface area contributed by atoms with Crippen LogP contribution in [0.5, 0.6) is 11.5 Å². The van der Waals surface area contributed by atoms with E-state index >= 15 is 0 Å². The summed E-state index contributed by atoms with van der Waals surface area (Å²) in [6.07, 6.45) is 1.12. The van der Waals surface area contributed by atoms with E-state index in [1.807, 2.05) is 6.92 Å². The second kappa shape index (κ2) is 10.0. The van der Waals surface area contributed by atoms with Gasteiger partial charge in [0.25, 0.3) is 5.91 Å². The van der Waals surface area contributed by atoms with Gasteiger partial charge in [0.05, 0.1) is 30.0 Å². The van der Waals surface area contributed by atoms with E-state index in [1.54, 1.807) is 41.3 Å². The van der Waals surface area contributed by atoms with Gasteiger partial charge in [-0.05, 0) is 50.1 Å². The van der Waals surface area contributed by atoms with Crippen LogP contribution in [0.15, 0.2) is 36.4 Å². The first kappa shape index (κ1) is 22.2. The van der Waals surface area contributed by atoms with Crippen LogP contribution < -0.4 is 14.8 Å². The van der Waals surface area contributed by atoms with Crippen molar-refractivity contribution in [2.45, 2.75) is 19.8 Å². The van der Waals surface area contributed by atoms with Crippen LogP contribution in [0.4, 0.5) is 5.69 Å². The van der Waals surface area contributed by atoms with Crippen molar-refractivity contribution in [3.63, 3.8) is 0 Å². The number of methoxy groups -OCH3 is 1. The molecule has 1 saturated heterocycles. The van der Waals surface area contributed by atoms with Crippen LogP contribution in [0, 0.1) is 5.92 Å². The number of carbonyl (C=O) groups is 2. The largest absolute Gasteiger partial charge is 0.496 e. The molecule has 3 rings (SSSR count). The van der Waals surface area contributed by atoms with Gasteiger partial charge in [0, 0.05) is 24.0 Å². The van der Waals surface area contributed by atoms with Gasteiger partial charge in [0.15, 0.2) is 5.75 Å². The van der Waals surface area contributed by atoms with Crippen molar-refractivity contribution in [2.24, 2.45) is 5.92 Å². The number of rotatable bonds is 6. The lowest BCUT2D eigenvalue weighted by Crippen LogP contribution is -2.41. The van der Waals surface area contributed by atoms with Gasteiger partial charge in [-0.25, -0.2) is 0 Å². The molecule has 0 unspecified atom stereocenters. The third-order valence-corrected chi connectivity index (χ3v) is 5.59. The lowest BCUT2D eigenvalue weighted by atomic mass is 9.95. The van der Waals surface area contributed by atoms with E-state index < -0.39 is 0 Å². The van der Waals surface area contributed by atoms with Crippen molar-refractivity contribution in [2.75, 3.05) is 32.1 Å². The summed E-state index contributed by atoms with van der Waals surface area (Å²) in [5.41, 5.74) is 0.977. The first-order valence-corrected chi connectivity index (χ1v) is 10.5. The van der Waals surface area contributed by atoms with E-state index in [4.69, 9.17) is 32.7 Å². The van der Waals surface area contributed by atoms with E-state index in [2.05, 4.69) is 5.32 Å². The number of carbonyl (C=O) groups excluding carboxylic acids is 2. The Morgan fingerprint density at radius 1 is 1.17 bits per heavy atom. The summed E-state index contributed by atoms with van der Waals surface area (Å²) < 4.78 is 10.8. The number of hydrogen-bond donors (Lipinski definition) is 1. The average molecular weight is 451 g/mol. The second-order valence-corrected chi connectivity index (χ2v) is 7.79. The third-order valence-electron chi connectivity index (χ3n) is 5.06. The molecule has 1 fully saturated rings. The fourth-order valence-electron chi connectivity index (χ4n) is 3.50. The number of benzene rings is 2. The Kier molecular flexibility index (Phi) is 7.45. The molecule has 160 valence electrons. The van der Waals surface area contributed by atoms with E-state index in [0.717, 1.165) is 0 Å². The predicted octanol–water partition coefficient (Wildman–Crippen LogP) is 4.89. The molecule has 8 heteroatoms. The summed E-state index contributed by atoms with van der Waals surface area (Å²) in [6, 6.07) is 10.2. The number of likely N-dealkylation sites (tertiary alicyclic amines) is 1. The predicted molar refractivity (Wildman–Crippen MR) is 118 cm³/mol. The lowest BCUT2D eigenvalue weighted by Gasteiger charge is -2.31. The van der Waals surface area contributed by atoms with Gasteiger partial charge in [0.1, 0.15) is 5.75 Å². The number of halogens is 2. The molecule has 2 aromatic rings. The number of para-hydroxylation sites is 1. The van der Waals surface area contributed by atoms with E-state index in [1.165, 1.54) is 7.11 Å². The Morgan fingerprint density at radius 2 is 1.90 bits per heavy atom. The van der Waals surface area contributed by atoms with Gasteiger partial charge >= 0.3 is 0 Å². The molecule has 0 saturated carbocycles. The molecular weight excluding hydrogens is 427 g/mol. The average Bonchev–Trinajstić information content (AvgIpc) is 2.75. The summed E-state index contributed by atoms with van der Waals surface area (Å²) in [7, 11) is 1.52. The summed E-state index contributed by atoms with van der Waals surface area (Å²) >= 11 is 12.2. The van der Waals surface area contributed by atoms with Crippen molar-refractivity contribution >= 4 is 40.7 Å². The number of piperidine rings is 1. The summed E-state index contributed by atoms with van der Waals surface area (Å²) in [5.74, 6) is 0.487. The van der Waals surface area contributed by atoms with E-state index in [0.29, 0.717) is 65.3 Å². The van der Waals surface area contributed by atoms with Gasteiger partial charge < -0.3 is 19.7 Å². The molecule has 6 nitrogen and oxygen atoms in total. The zero-order valence-electron chi connectivity index (χ0n) is 16.9. The molecule has 2 amide bonds. The molecule has 1 N–H and O–H groups in total. The number of amides is 2. The molecule has 2 aromatic carbocycles. The Labute approximate surface area is 186 Å². The first-order valence-electron chi connectivity index (χ1n) is 9.79. The number of hydrogen-bond acceptors (Lipinski definition) is 4. The minimum absolute atomic E-state index is 0.106. The molecule has 1 aliphatic heterocycles.